The maximum Gasteiger partial charge on any atom is 0.169 e. The van der Waals surface area contributed by atoms with Gasteiger partial charge >= 0.3 is 0 Å². The molecule has 0 spiro atoms. The van der Waals surface area contributed by atoms with E-state index in [2.05, 4.69) is 41.3 Å². The Morgan fingerprint density at radius 1 is 1.32 bits per heavy atom. The van der Waals surface area contributed by atoms with Crippen molar-refractivity contribution >= 4 is 32.7 Å². The first kappa shape index (κ1) is 12.0. The summed E-state index contributed by atoms with van der Waals surface area (Å²) in [6.07, 6.45) is 5.19. The van der Waals surface area contributed by atoms with E-state index in [1.54, 1.807) is 23.4 Å². The lowest BCUT2D eigenvalue weighted by Gasteiger charge is -2.06. The summed E-state index contributed by atoms with van der Waals surface area (Å²) < 4.78 is 2.59. The number of hydrogen-bond donors (Lipinski definition) is 1. The maximum absolute atomic E-state index is 4.38. The molecule has 3 aromatic rings. The fourth-order valence-electron chi connectivity index (χ4n) is 1.79. The van der Waals surface area contributed by atoms with Crippen molar-refractivity contribution in [1.82, 2.24) is 24.7 Å². The van der Waals surface area contributed by atoms with E-state index in [0.717, 1.165) is 27.0 Å². The molecule has 19 heavy (non-hydrogen) atoms. The Balaban J connectivity index is 1.88. The van der Waals surface area contributed by atoms with Crippen molar-refractivity contribution in [3.05, 3.63) is 41.2 Å². The normalized spacial score (nSPS) is 10.8. The number of anilines is 1. The van der Waals surface area contributed by atoms with Crippen molar-refractivity contribution in [3.63, 3.8) is 0 Å². The van der Waals surface area contributed by atoms with Gasteiger partial charge in [-0.2, -0.15) is 5.10 Å². The molecule has 96 valence electrons. The van der Waals surface area contributed by atoms with E-state index in [4.69, 9.17) is 0 Å². The summed E-state index contributed by atoms with van der Waals surface area (Å²) in [7, 11) is 1.84. The van der Waals surface area contributed by atoms with Gasteiger partial charge in [-0.25, -0.2) is 4.98 Å². The molecule has 0 amide bonds. The molecule has 0 saturated carbocycles. The van der Waals surface area contributed by atoms with E-state index < -0.39 is 0 Å². The van der Waals surface area contributed by atoms with Crippen LogP contribution in [0.25, 0.3) is 11.0 Å². The summed E-state index contributed by atoms with van der Waals surface area (Å²) >= 11 is 3.39. The maximum atomic E-state index is 4.38. The first-order valence-electron chi connectivity index (χ1n) is 5.71. The average molecular weight is 319 g/mol. The molecule has 0 saturated heterocycles. The molecular weight excluding hydrogens is 308 g/mol. The second-order valence-corrected chi connectivity index (χ2v) is 4.98. The topological polar surface area (TPSA) is 68.5 Å². The van der Waals surface area contributed by atoms with Gasteiger partial charge in [-0.15, -0.1) is 0 Å². The van der Waals surface area contributed by atoms with Crippen LogP contribution >= 0.6 is 15.9 Å². The molecule has 0 aliphatic heterocycles. The fourth-order valence-corrected chi connectivity index (χ4v) is 2.11. The fraction of sp³-hybridized carbons (Fsp3) is 0.167. The van der Waals surface area contributed by atoms with Gasteiger partial charge in [-0.05, 0) is 28.1 Å². The van der Waals surface area contributed by atoms with Gasteiger partial charge in [0.25, 0.3) is 0 Å². The van der Waals surface area contributed by atoms with Gasteiger partial charge in [-0.1, -0.05) is 0 Å². The minimum absolute atomic E-state index is 0.553. The number of fused-ring (bicyclic) bond motifs is 1. The summed E-state index contributed by atoms with van der Waals surface area (Å²) in [6, 6.07) is 3.83. The Bertz CT molecular complexity index is 723. The molecule has 6 nitrogen and oxygen atoms in total. The van der Waals surface area contributed by atoms with Gasteiger partial charge in [0.2, 0.25) is 0 Å². The van der Waals surface area contributed by atoms with Crippen LogP contribution in [0.15, 0.2) is 35.3 Å². The van der Waals surface area contributed by atoms with Gasteiger partial charge in [0, 0.05) is 23.9 Å². The van der Waals surface area contributed by atoms with Crippen LogP contribution in [0.4, 0.5) is 5.69 Å². The number of aromatic nitrogens is 5. The zero-order valence-corrected chi connectivity index (χ0v) is 11.8. The highest BCUT2D eigenvalue weighted by Crippen LogP contribution is 2.22. The van der Waals surface area contributed by atoms with E-state index in [0.29, 0.717) is 6.54 Å². The third-order valence-corrected chi connectivity index (χ3v) is 3.06. The first-order valence-corrected chi connectivity index (χ1v) is 6.50. The molecule has 3 aromatic heterocycles. The highest BCUT2D eigenvalue weighted by molar-refractivity contribution is 9.10. The molecule has 1 N–H and O–H groups in total. The van der Waals surface area contributed by atoms with Gasteiger partial charge in [0.05, 0.1) is 17.7 Å². The van der Waals surface area contributed by atoms with E-state index >= 15 is 0 Å². The molecule has 0 aromatic carbocycles. The Hall–Kier alpha value is -2.02. The number of rotatable bonds is 3. The standard InChI is InChI=1S/C12H11BrN6/c1-19-7-17-11(18-19)6-15-9-2-3-14-10-4-8(13)5-16-12(9)10/h2-5,7H,6H2,1H3,(H,14,15). The van der Waals surface area contributed by atoms with Gasteiger partial charge < -0.3 is 5.32 Å². The van der Waals surface area contributed by atoms with E-state index in [1.807, 2.05) is 19.2 Å². The number of halogens is 1. The van der Waals surface area contributed by atoms with Crippen molar-refractivity contribution in [2.45, 2.75) is 6.54 Å². The Labute approximate surface area is 118 Å². The second kappa shape index (κ2) is 4.93. The van der Waals surface area contributed by atoms with Crippen LogP contribution in [0.2, 0.25) is 0 Å². The molecule has 0 unspecified atom stereocenters. The molecule has 3 heterocycles. The van der Waals surface area contributed by atoms with E-state index in [9.17, 15) is 0 Å². The number of nitrogens with one attached hydrogen (secondary N) is 1. The molecule has 0 radical (unpaired) electrons. The number of pyridine rings is 2. The molecular formula is C12H11BrN6. The van der Waals surface area contributed by atoms with Crippen LogP contribution in [-0.4, -0.2) is 24.7 Å². The third kappa shape index (κ3) is 2.55. The summed E-state index contributed by atoms with van der Waals surface area (Å²) in [5, 5.41) is 7.50. The van der Waals surface area contributed by atoms with Crippen LogP contribution in [0.5, 0.6) is 0 Å². The van der Waals surface area contributed by atoms with Crippen LogP contribution in [0.3, 0.4) is 0 Å². The quantitative estimate of drug-likeness (QED) is 0.801. The first-order chi connectivity index (χ1) is 9.22. The minimum atomic E-state index is 0.553. The van der Waals surface area contributed by atoms with Crippen molar-refractivity contribution < 1.29 is 0 Å². The highest BCUT2D eigenvalue weighted by Gasteiger charge is 2.05. The summed E-state index contributed by atoms with van der Waals surface area (Å²) in [6.45, 7) is 0.553. The minimum Gasteiger partial charge on any atom is -0.376 e. The second-order valence-electron chi connectivity index (χ2n) is 4.07. The predicted molar refractivity (Wildman–Crippen MR) is 75.6 cm³/mol. The SMILES string of the molecule is Cn1cnc(CNc2ccnc3cc(Br)cnc23)n1. The van der Waals surface area contributed by atoms with Gasteiger partial charge in [0.15, 0.2) is 5.82 Å². The van der Waals surface area contributed by atoms with Crippen molar-refractivity contribution in [2.75, 3.05) is 5.32 Å². The monoisotopic (exact) mass is 318 g/mol. The number of nitrogens with zero attached hydrogens (tertiary/aromatic N) is 5. The Morgan fingerprint density at radius 3 is 3.00 bits per heavy atom. The van der Waals surface area contributed by atoms with Crippen molar-refractivity contribution in [3.8, 4) is 0 Å². The molecule has 3 rings (SSSR count). The van der Waals surface area contributed by atoms with Gasteiger partial charge in [-0.3, -0.25) is 14.6 Å². The van der Waals surface area contributed by atoms with Crippen molar-refractivity contribution in [1.29, 1.82) is 0 Å². The van der Waals surface area contributed by atoms with Crippen molar-refractivity contribution in [2.24, 2.45) is 7.05 Å². The Morgan fingerprint density at radius 2 is 2.21 bits per heavy atom. The van der Waals surface area contributed by atoms with Crippen LogP contribution in [0, 0.1) is 0 Å². The summed E-state index contributed by atoms with van der Waals surface area (Å²) in [5.41, 5.74) is 2.60. The summed E-state index contributed by atoms with van der Waals surface area (Å²) in [4.78, 5) is 12.8. The Kier molecular flexibility index (Phi) is 3.12. The lowest BCUT2D eigenvalue weighted by atomic mass is 10.3. The lowest BCUT2D eigenvalue weighted by Crippen LogP contribution is -2.03. The summed E-state index contributed by atoms with van der Waals surface area (Å²) in [5.74, 6) is 0.740. The number of hydrogen-bond acceptors (Lipinski definition) is 5. The average Bonchev–Trinajstić information content (AvgIpc) is 2.81. The zero-order valence-electron chi connectivity index (χ0n) is 10.2. The molecule has 0 aliphatic carbocycles. The lowest BCUT2D eigenvalue weighted by molar-refractivity contribution is 0.747. The predicted octanol–water partition coefficient (Wildman–Crippen LogP) is 2.13. The molecule has 7 heteroatoms. The van der Waals surface area contributed by atoms with Gasteiger partial charge in [0.1, 0.15) is 11.8 Å². The molecule has 0 bridgehead atoms. The highest BCUT2D eigenvalue weighted by atomic mass is 79.9. The van der Waals surface area contributed by atoms with Crippen LogP contribution in [-0.2, 0) is 13.6 Å². The molecule has 0 atom stereocenters. The third-order valence-electron chi connectivity index (χ3n) is 2.63. The van der Waals surface area contributed by atoms with Crippen LogP contribution < -0.4 is 5.32 Å². The van der Waals surface area contributed by atoms with E-state index in [1.165, 1.54) is 0 Å². The zero-order chi connectivity index (χ0) is 13.2. The van der Waals surface area contributed by atoms with Crippen LogP contribution in [0.1, 0.15) is 5.82 Å². The largest absolute Gasteiger partial charge is 0.376 e. The molecule has 0 fully saturated rings. The van der Waals surface area contributed by atoms with E-state index in [-0.39, 0.29) is 0 Å². The smallest absolute Gasteiger partial charge is 0.169 e. The molecule has 0 aliphatic rings. The number of aryl methyl sites for hydroxylation is 1.